The second-order valence-corrected chi connectivity index (χ2v) is 3.40. The van der Waals surface area contributed by atoms with E-state index in [1.165, 1.54) is 11.5 Å². The average molecular weight is 147 g/mol. The number of rotatable bonds is 2. The van der Waals surface area contributed by atoms with Crippen LogP contribution in [0.3, 0.4) is 0 Å². The molecule has 0 spiro atoms. The van der Waals surface area contributed by atoms with Crippen molar-refractivity contribution in [2.24, 2.45) is 0 Å². The van der Waals surface area contributed by atoms with Crippen LogP contribution >= 0.6 is 11.8 Å². The van der Waals surface area contributed by atoms with Crippen molar-refractivity contribution in [1.82, 2.24) is 4.90 Å². The van der Waals surface area contributed by atoms with Gasteiger partial charge in [-0.1, -0.05) is 0 Å². The number of thioether (sulfide) groups is 1. The van der Waals surface area contributed by atoms with Crippen molar-refractivity contribution < 1.29 is 5.11 Å². The molecule has 1 rings (SSSR count). The molecule has 0 aromatic heterocycles. The zero-order chi connectivity index (χ0) is 6.53. The molecule has 1 aliphatic heterocycles. The second-order valence-electron chi connectivity index (χ2n) is 2.18. The van der Waals surface area contributed by atoms with Gasteiger partial charge in [0.1, 0.15) is 0 Å². The molecule has 1 aliphatic rings. The largest absolute Gasteiger partial charge is 0.395 e. The van der Waals surface area contributed by atoms with Crippen LogP contribution < -0.4 is 0 Å². The molecule has 0 amide bonds. The molecule has 0 aromatic carbocycles. The van der Waals surface area contributed by atoms with Crippen molar-refractivity contribution >= 4 is 11.8 Å². The monoisotopic (exact) mass is 147 g/mol. The van der Waals surface area contributed by atoms with Gasteiger partial charge in [0.05, 0.1) is 6.61 Å². The van der Waals surface area contributed by atoms with Crippen molar-refractivity contribution in [2.75, 3.05) is 37.7 Å². The van der Waals surface area contributed by atoms with E-state index in [-0.39, 0.29) is 0 Å². The van der Waals surface area contributed by atoms with Gasteiger partial charge in [0.25, 0.3) is 0 Å². The van der Waals surface area contributed by atoms with Crippen molar-refractivity contribution in [3.05, 3.63) is 0 Å². The summed E-state index contributed by atoms with van der Waals surface area (Å²) >= 11 is 2.00. The van der Waals surface area contributed by atoms with E-state index < -0.39 is 0 Å². The number of nitrogens with zero attached hydrogens (tertiary/aromatic N) is 1. The van der Waals surface area contributed by atoms with E-state index in [1.807, 2.05) is 11.8 Å². The number of hydrogen-bond acceptors (Lipinski definition) is 3. The summed E-state index contributed by atoms with van der Waals surface area (Å²) in [5.41, 5.74) is 0. The highest BCUT2D eigenvalue weighted by atomic mass is 32.2. The molecule has 1 fully saturated rings. The first-order valence-corrected chi connectivity index (χ1v) is 4.50. The van der Waals surface area contributed by atoms with Gasteiger partial charge in [-0.25, -0.2) is 0 Å². The third-order valence-electron chi connectivity index (χ3n) is 1.52. The van der Waals surface area contributed by atoms with Crippen molar-refractivity contribution in [1.29, 1.82) is 0 Å². The lowest BCUT2D eigenvalue weighted by Gasteiger charge is -2.24. The Hall–Kier alpha value is 0.270. The summed E-state index contributed by atoms with van der Waals surface area (Å²) in [6, 6.07) is 0. The minimum absolute atomic E-state index is 0.310. The van der Waals surface area contributed by atoms with Crippen LogP contribution in [0.2, 0.25) is 0 Å². The molecule has 3 heteroatoms. The first kappa shape index (κ1) is 7.38. The van der Waals surface area contributed by atoms with Gasteiger partial charge in [0, 0.05) is 31.1 Å². The lowest BCUT2D eigenvalue weighted by molar-refractivity contribution is 0.208. The minimum atomic E-state index is 0.310. The van der Waals surface area contributed by atoms with E-state index in [0.29, 0.717) is 6.61 Å². The van der Waals surface area contributed by atoms with E-state index in [9.17, 15) is 0 Å². The average Bonchev–Trinajstić information content (AvgIpc) is 1.91. The van der Waals surface area contributed by atoms with E-state index in [4.69, 9.17) is 5.11 Å². The Morgan fingerprint density at radius 2 is 2.00 bits per heavy atom. The molecular weight excluding hydrogens is 134 g/mol. The highest BCUT2D eigenvalue weighted by Gasteiger charge is 2.07. The standard InChI is InChI=1S/C6H13NOS/c8-4-1-7-2-5-9-6-3-7/h8H,1-6H2. The summed E-state index contributed by atoms with van der Waals surface area (Å²) in [6.45, 7) is 3.49. The molecule has 0 saturated carbocycles. The molecule has 1 N–H and O–H groups in total. The van der Waals surface area contributed by atoms with Crippen LogP contribution in [0.25, 0.3) is 0 Å². The van der Waals surface area contributed by atoms with Crippen molar-refractivity contribution in [2.45, 2.75) is 0 Å². The fourth-order valence-electron chi connectivity index (χ4n) is 0.966. The van der Waals surface area contributed by atoms with Gasteiger partial charge in [-0.05, 0) is 0 Å². The van der Waals surface area contributed by atoms with Gasteiger partial charge in [-0.15, -0.1) is 0 Å². The minimum Gasteiger partial charge on any atom is -0.395 e. The van der Waals surface area contributed by atoms with Crippen LogP contribution in [0, 0.1) is 0 Å². The second kappa shape index (κ2) is 4.14. The summed E-state index contributed by atoms with van der Waals surface area (Å²) < 4.78 is 0. The van der Waals surface area contributed by atoms with Gasteiger partial charge in [0.15, 0.2) is 0 Å². The quantitative estimate of drug-likeness (QED) is 0.596. The molecule has 0 aliphatic carbocycles. The maximum Gasteiger partial charge on any atom is 0.0558 e. The third-order valence-corrected chi connectivity index (χ3v) is 2.46. The molecular formula is C6H13NOS. The Bertz CT molecular complexity index is 70.7. The Labute approximate surface area is 60.2 Å². The Balaban J connectivity index is 2.08. The van der Waals surface area contributed by atoms with Crippen molar-refractivity contribution in [3.63, 3.8) is 0 Å². The van der Waals surface area contributed by atoms with Crippen LogP contribution in [0.5, 0.6) is 0 Å². The van der Waals surface area contributed by atoms with Gasteiger partial charge in [-0.2, -0.15) is 11.8 Å². The summed E-state index contributed by atoms with van der Waals surface area (Å²) in [6.07, 6.45) is 0. The van der Waals surface area contributed by atoms with Crippen LogP contribution in [0.1, 0.15) is 0 Å². The van der Waals surface area contributed by atoms with Gasteiger partial charge in [-0.3, -0.25) is 4.90 Å². The third kappa shape index (κ3) is 2.56. The normalized spacial score (nSPS) is 22.3. The van der Waals surface area contributed by atoms with Gasteiger partial charge < -0.3 is 5.11 Å². The maximum absolute atomic E-state index is 8.57. The Kier molecular flexibility index (Phi) is 3.40. The first-order valence-electron chi connectivity index (χ1n) is 3.34. The predicted molar refractivity (Wildman–Crippen MR) is 40.9 cm³/mol. The predicted octanol–water partition coefficient (Wildman–Crippen LogP) is 0.0275. The molecule has 0 bridgehead atoms. The summed E-state index contributed by atoms with van der Waals surface area (Å²) in [5, 5.41) is 8.57. The first-order chi connectivity index (χ1) is 4.43. The summed E-state index contributed by atoms with van der Waals surface area (Å²) in [4.78, 5) is 2.30. The van der Waals surface area contributed by atoms with Crippen LogP contribution in [0.4, 0.5) is 0 Å². The number of aliphatic hydroxyl groups excluding tert-OH is 1. The molecule has 2 nitrogen and oxygen atoms in total. The molecule has 1 saturated heterocycles. The highest BCUT2D eigenvalue weighted by Crippen LogP contribution is 2.07. The lowest BCUT2D eigenvalue weighted by Crippen LogP contribution is -2.34. The van der Waals surface area contributed by atoms with E-state index >= 15 is 0 Å². The SMILES string of the molecule is OCCN1CCSCC1. The van der Waals surface area contributed by atoms with Crippen LogP contribution in [-0.2, 0) is 0 Å². The zero-order valence-electron chi connectivity index (χ0n) is 5.55. The molecule has 0 radical (unpaired) electrons. The number of β-amino-alcohol motifs (C(OH)–C–C–N with tert-alkyl or cyclic N) is 1. The fourth-order valence-corrected chi connectivity index (χ4v) is 1.94. The Morgan fingerprint density at radius 3 is 2.56 bits per heavy atom. The number of aliphatic hydroxyl groups is 1. The molecule has 1 heterocycles. The maximum atomic E-state index is 8.57. The molecule has 9 heavy (non-hydrogen) atoms. The van der Waals surface area contributed by atoms with E-state index in [2.05, 4.69) is 4.90 Å². The smallest absolute Gasteiger partial charge is 0.0558 e. The van der Waals surface area contributed by atoms with Crippen LogP contribution in [0.15, 0.2) is 0 Å². The van der Waals surface area contributed by atoms with Gasteiger partial charge in [0.2, 0.25) is 0 Å². The molecule has 0 aromatic rings. The topological polar surface area (TPSA) is 23.5 Å². The fraction of sp³-hybridized carbons (Fsp3) is 1.00. The molecule has 0 atom stereocenters. The van der Waals surface area contributed by atoms with Crippen LogP contribution in [-0.4, -0.2) is 47.8 Å². The highest BCUT2D eigenvalue weighted by molar-refractivity contribution is 7.99. The van der Waals surface area contributed by atoms with Gasteiger partial charge >= 0.3 is 0 Å². The summed E-state index contributed by atoms with van der Waals surface area (Å²) in [5.74, 6) is 2.47. The summed E-state index contributed by atoms with van der Waals surface area (Å²) in [7, 11) is 0. The zero-order valence-corrected chi connectivity index (χ0v) is 6.36. The van der Waals surface area contributed by atoms with E-state index in [1.54, 1.807) is 0 Å². The number of hydrogen-bond donors (Lipinski definition) is 1. The lowest BCUT2D eigenvalue weighted by atomic mass is 10.5. The van der Waals surface area contributed by atoms with Crippen molar-refractivity contribution in [3.8, 4) is 0 Å². The molecule has 0 unspecified atom stereocenters. The Morgan fingerprint density at radius 1 is 1.33 bits per heavy atom. The van der Waals surface area contributed by atoms with E-state index in [0.717, 1.165) is 19.6 Å². The molecule has 54 valence electrons.